The van der Waals surface area contributed by atoms with Gasteiger partial charge >= 0.3 is 0 Å². The molecule has 106 valence electrons. The fraction of sp³-hybridized carbons (Fsp3) is 0.133. The van der Waals surface area contributed by atoms with Crippen LogP contribution in [-0.4, -0.2) is 20.7 Å². The number of aromatic nitrogens is 3. The van der Waals surface area contributed by atoms with E-state index in [1.54, 1.807) is 16.9 Å². The molecule has 0 aliphatic rings. The van der Waals surface area contributed by atoms with Gasteiger partial charge < -0.3 is 5.32 Å². The first kappa shape index (κ1) is 13.8. The highest BCUT2D eigenvalue weighted by Gasteiger charge is 2.12. The summed E-state index contributed by atoms with van der Waals surface area (Å²) in [5.74, 6) is -0.234. The summed E-state index contributed by atoms with van der Waals surface area (Å²) < 4.78 is 2.65. The number of benzene rings is 1. The van der Waals surface area contributed by atoms with Crippen LogP contribution < -0.4 is 5.32 Å². The number of nitrogens with one attached hydrogen (secondary N) is 1. The van der Waals surface area contributed by atoms with Crippen LogP contribution >= 0.6 is 15.9 Å². The minimum atomic E-state index is -0.234. The highest BCUT2D eigenvalue weighted by atomic mass is 79.9. The molecule has 0 saturated carbocycles. The molecule has 2 heterocycles. The molecular weight excluding hydrogens is 332 g/mol. The first-order valence-electron chi connectivity index (χ1n) is 6.41. The van der Waals surface area contributed by atoms with Gasteiger partial charge in [0.1, 0.15) is 5.69 Å². The van der Waals surface area contributed by atoms with Gasteiger partial charge in [0.05, 0.1) is 17.4 Å². The Hall–Kier alpha value is -2.21. The third kappa shape index (κ3) is 2.67. The largest absolute Gasteiger partial charge is 0.320 e. The summed E-state index contributed by atoms with van der Waals surface area (Å²) in [6.45, 7) is 1.86. The lowest BCUT2D eigenvalue weighted by atomic mass is 10.2. The van der Waals surface area contributed by atoms with Gasteiger partial charge in [0.15, 0.2) is 0 Å². The van der Waals surface area contributed by atoms with E-state index >= 15 is 0 Å². The molecule has 1 amide bonds. The summed E-state index contributed by atoms with van der Waals surface area (Å²) >= 11 is 3.45. The van der Waals surface area contributed by atoms with Crippen molar-refractivity contribution in [2.45, 2.75) is 6.92 Å². The number of amides is 1. The Bertz CT molecular complexity index is 841. The fourth-order valence-corrected chi connectivity index (χ4v) is 2.62. The first-order chi connectivity index (χ1) is 10.0. The maximum absolute atomic E-state index is 12.3. The minimum Gasteiger partial charge on any atom is -0.320 e. The van der Waals surface area contributed by atoms with E-state index in [4.69, 9.17) is 0 Å². The van der Waals surface area contributed by atoms with Crippen molar-refractivity contribution in [3.05, 3.63) is 52.4 Å². The number of nitrogens with zero attached hydrogens (tertiary/aromatic N) is 3. The van der Waals surface area contributed by atoms with Gasteiger partial charge in [-0.1, -0.05) is 22.0 Å². The molecule has 3 rings (SSSR count). The van der Waals surface area contributed by atoms with Crippen LogP contribution in [0.5, 0.6) is 0 Å². The van der Waals surface area contributed by atoms with Crippen molar-refractivity contribution >= 4 is 38.4 Å². The van der Waals surface area contributed by atoms with E-state index in [-0.39, 0.29) is 5.91 Å². The van der Waals surface area contributed by atoms with E-state index in [1.807, 2.05) is 38.2 Å². The second-order valence-electron chi connectivity index (χ2n) is 4.77. The van der Waals surface area contributed by atoms with E-state index in [1.165, 1.54) is 0 Å². The van der Waals surface area contributed by atoms with Gasteiger partial charge in [0, 0.05) is 22.6 Å². The molecule has 1 N–H and O–H groups in total. The molecule has 5 nitrogen and oxygen atoms in total. The van der Waals surface area contributed by atoms with Crippen LogP contribution in [0.3, 0.4) is 0 Å². The van der Waals surface area contributed by atoms with Crippen LogP contribution in [0.25, 0.3) is 10.9 Å². The van der Waals surface area contributed by atoms with Crippen molar-refractivity contribution in [1.29, 1.82) is 0 Å². The van der Waals surface area contributed by atoms with Crippen LogP contribution in [0, 0.1) is 6.92 Å². The van der Waals surface area contributed by atoms with Crippen molar-refractivity contribution in [2.75, 3.05) is 5.32 Å². The van der Waals surface area contributed by atoms with Gasteiger partial charge in [0.25, 0.3) is 5.91 Å². The number of carbonyl (C=O) groups excluding carboxylic acids is 1. The zero-order chi connectivity index (χ0) is 15.0. The lowest BCUT2D eigenvalue weighted by Gasteiger charge is -2.07. The van der Waals surface area contributed by atoms with E-state index in [0.717, 1.165) is 21.1 Å². The van der Waals surface area contributed by atoms with Crippen molar-refractivity contribution in [3.63, 3.8) is 0 Å². The molecule has 0 radical (unpaired) electrons. The topological polar surface area (TPSA) is 59.8 Å². The number of carbonyl (C=O) groups is 1. The van der Waals surface area contributed by atoms with Crippen LogP contribution in [0.2, 0.25) is 0 Å². The Balaban J connectivity index is 2.00. The minimum absolute atomic E-state index is 0.234. The molecule has 0 aliphatic heterocycles. The number of anilines is 1. The molecule has 21 heavy (non-hydrogen) atoms. The lowest BCUT2D eigenvalue weighted by Crippen LogP contribution is -2.14. The van der Waals surface area contributed by atoms with Crippen molar-refractivity contribution in [3.8, 4) is 0 Å². The average Bonchev–Trinajstić information content (AvgIpc) is 2.80. The maximum atomic E-state index is 12.3. The number of aryl methyl sites for hydroxylation is 2. The van der Waals surface area contributed by atoms with Crippen LogP contribution in [0.4, 0.5) is 5.69 Å². The zero-order valence-electron chi connectivity index (χ0n) is 11.6. The Morgan fingerprint density at radius 3 is 2.90 bits per heavy atom. The second-order valence-corrected chi connectivity index (χ2v) is 5.69. The van der Waals surface area contributed by atoms with Crippen molar-refractivity contribution in [1.82, 2.24) is 14.8 Å². The highest BCUT2D eigenvalue weighted by Crippen LogP contribution is 2.28. The third-order valence-corrected chi connectivity index (χ3v) is 3.66. The third-order valence-electron chi connectivity index (χ3n) is 3.20. The number of fused-ring (bicyclic) bond motifs is 1. The highest BCUT2D eigenvalue weighted by molar-refractivity contribution is 9.10. The van der Waals surface area contributed by atoms with Crippen LogP contribution in [-0.2, 0) is 7.05 Å². The van der Waals surface area contributed by atoms with E-state index in [0.29, 0.717) is 11.4 Å². The number of pyridine rings is 1. The molecule has 0 bridgehead atoms. The SMILES string of the molecule is Cc1cccc(C(=O)Nc2cc(Br)cc3c2cnn3C)n1. The summed E-state index contributed by atoms with van der Waals surface area (Å²) in [5, 5.41) is 8.01. The molecule has 0 atom stereocenters. The fourth-order valence-electron chi connectivity index (χ4n) is 2.17. The van der Waals surface area contributed by atoms with Gasteiger partial charge in [-0.05, 0) is 31.2 Å². The normalized spacial score (nSPS) is 10.8. The number of halogens is 1. The second kappa shape index (κ2) is 5.29. The first-order valence-corrected chi connectivity index (χ1v) is 7.20. The average molecular weight is 345 g/mol. The molecule has 1 aromatic carbocycles. The van der Waals surface area contributed by atoms with Gasteiger partial charge in [-0.15, -0.1) is 0 Å². The predicted molar refractivity (Wildman–Crippen MR) is 85.3 cm³/mol. The summed E-state index contributed by atoms with van der Waals surface area (Å²) in [5.41, 5.74) is 2.85. The number of hydrogen-bond donors (Lipinski definition) is 1. The van der Waals surface area contributed by atoms with E-state index < -0.39 is 0 Å². The molecular formula is C15H13BrN4O. The summed E-state index contributed by atoms with van der Waals surface area (Å²) in [4.78, 5) is 16.5. The zero-order valence-corrected chi connectivity index (χ0v) is 13.2. The molecule has 0 fully saturated rings. The number of hydrogen-bond acceptors (Lipinski definition) is 3. The Morgan fingerprint density at radius 2 is 2.14 bits per heavy atom. The maximum Gasteiger partial charge on any atom is 0.274 e. The Kier molecular flexibility index (Phi) is 3.47. The summed E-state index contributed by atoms with van der Waals surface area (Å²) in [6, 6.07) is 9.19. The molecule has 0 saturated heterocycles. The van der Waals surface area contributed by atoms with Crippen LogP contribution in [0.1, 0.15) is 16.2 Å². The van der Waals surface area contributed by atoms with Crippen molar-refractivity contribution < 1.29 is 4.79 Å². The van der Waals surface area contributed by atoms with Crippen LogP contribution in [0.15, 0.2) is 41.0 Å². The van der Waals surface area contributed by atoms with Gasteiger partial charge in [-0.2, -0.15) is 5.10 Å². The van der Waals surface area contributed by atoms with Gasteiger partial charge in [-0.25, -0.2) is 4.98 Å². The summed E-state index contributed by atoms with van der Waals surface area (Å²) in [6.07, 6.45) is 1.74. The van der Waals surface area contributed by atoms with E-state index in [2.05, 4.69) is 31.3 Å². The molecule has 6 heteroatoms. The lowest BCUT2D eigenvalue weighted by molar-refractivity contribution is 0.102. The molecule has 2 aromatic heterocycles. The molecule has 0 spiro atoms. The number of rotatable bonds is 2. The quantitative estimate of drug-likeness (QED) is 0.775. The Morgan fingerprint density at radius 1 is 1.33 bits per heavy atom. The molecule has 0 unspecified atom stereocenters. The standard InChI is InChI=1S/C15H13BrN4O/c1-9-4-3-5-12(18-9)15(21)19-13-6-10(16)7-14-11(13)8-17-20(14)2/h3-8H,1-2H3,(H,19,21). The van der Waals surface area contributed by atoms with Gasteiger partial charge in [0.2, 0.25) is 0 Å². The molecule has 3 aromatic rings. The smallest absolute Gasteiger partial charge is 0.274 e. The van der Waals surface area contributed by atoms with Gasteiger partial charge in [-0.3, -0.25) is 9.48 Å². The molecule has 0 aliphatic carbocycles. The Labute approximate surface area is 130 Å². The monoisotopic (exact) mass is 344 g/mol. The predicted octanol–water partition coefficient (Wildman–Crippen LogP) is 3.29. The van der Waals surface area contributed by atoms with E-state index in [9.17, 15) is 4.79 Å². The van der Waals surface area contributed by atoms with Crippen molar-refractivity contribution in [2.24, 2.45) is 7.05 Å². The summed E-state index contributed by atoms with van der Waals surface area (Å²) in [7, 11) is 1.86.